The highest BCUT2D eigenvalue weighted by atomic mass is 19.3. The topological polar surface area (TPSA) is 91.3 Å². The van der Waals surface area contributed by atoms with Crippen LogP contribution >= 0.6 is 0 Å². The molecule has 0 saturated heterocycles. The third kappa shape index (κ3) is 6.20. The number of allylic oxidation sites excluding steroid dienone is 1. The van der Waals surface area contributed by atoms with Gasteiger partial charge >= 0.3 is 12.6 Å². The second kappa shape index (κ2) is 10.1. The maximum absolute atomic E-state index is 12.5. The molecule has 0 saturated carbocycles. The predicted molar refractivity (Wildman–Crippen MR) is 99.1 cm³/mol. The Labute approximate surface area is 165 Å². The summed E-state index contributed by atoms with van der Waals surface area (Å²) in [5.74, 6) is -1.18. The lowest BCUT2D eigenvalue weighted by atomic mass is 10.1. The van der Waals surface area contributed by atoms with Crippen molar-refractivity contribution in [3.8, 4) is 23.0 Å². The first kappa shape index (κ1) is 21.7. The normalized spacial score (nSPS) is 10.8. The number of hydrogen-bond acceptors (Lipinski definition) is 6. The van der Waals surface area contributed by atoms with Gasteiger partial charge in [0.25, 0.3) is 0 Å². The highest BCUT2D eigenvalue weighted by Gasteiger charge is 2.12. The summed E-state index contributed by atoms with van der Waals surface area (Å²) in [5, 5.41) is 8.67. The van der Waals surface area contributed by atoms with Crippen molar-refractivity contribution in [3.05, 3.63) is 53.6 Å². The van der Waals surface area contributed by atoms with Crippen LogP contribution in [0.5, 0.6) is 23.0 Å². The smallest absolute Gasteiger partial charge is 0.387 e. The number of benzene rings is 2. The van der Waals surface area contributed by atoms with Crippen LogP contribution in [0.3, 0.4) is 0 Å². The molecule has 154 valence electrons. The monoisotopic (exact) mass is 408 g/mol. The van der Waals surface area contributed by atoms with Crippen LogP contribution in [0.1, 0.15) is 15.9 Å². The van der Waals surface area contributed by atoms with Crippen LogP contribution in [0, 0.1) is 0 Å². The third-order valence-corrected chi connectivity index (χ3v) is 3.63. The fourth-order valence-corrected chi connectivity index (χ4v) is 2.33. The summed E-state index contributed by atoms with van der Waals surface area (Å²) in [7, 11) is 2.68. The second-order valence-corrected chi connectivity index (χ2v) is 5.53. The maximum Gasteiger partial charge on any atom is 0.387 e. The number of carboxylic acids is 1. The number of carbonyl (C=O) groups is 2. The summed E-state index contributed by atoms with van der Waals surface area (Å²) in [6, 6.07) is 8.61. The summed E-state index contributed by atoms with van der Waals surface area (Å²) < 4.78 is 44.6. The van der Waals surface area contributed by atoms with Crippen molar-refractivity contribution < 1.29 is 42.4 Å². The molecule has 0 aliphatic heterocycles. The van der Waals surface area contributed by atoms with E-state index in [0.717, 1.165) is 0 Å². The SMILES string of the molecule is COc1cc(C(=O)/C=C\c2ccc(OC)c(OC(F)F)c2)ccc1OCC(=O)O. The maximum atomic E-state index is 12.5. The Morgan fingerprint density at radius 3 is 2.31 bits per heavy atom. The van der Waals surface area contributed by atoms with Gasteiger partial charge in [0.05, 0.1) is 14.2 Å². The molecule has 2 rings (SSSR count). The molecule has 0 unspecified atom stereocenters. The van der Waals surface area contributed by atoms with Crippen molar-refractivity contribution in [3.63, 3.8) is 0 Å². The molecule has 2 aromatic carbocycles. The Hall–Kier alpha value is -3.62. The first-order chi connectivity index (χ1) is 13.8. The van der Waals surface area contributed by atoms with E-state index in [-0.39, 0.29) is 34.3 Å². The number of rotatable bonds is 10. The molecule has 2 aromatic rings. The molecule has 0 radical (unpaired) electrons. The molecule has 0 spiro atoms. The standard InChI is InChI=1S/C20H18F2O7/c1-26-15-7-4-12(9-18(15)29-20(21)22)3-6-14(23)13-5-8-16(17(10-13)27-2)28-11-19(24)25/h3-10,20H,11H2,1-2H3,(H,24,25)/b6-3-. The van der Waals surface area contributed by atoms with Gasteiger partial charge in [-0.2, -0.15) is 8.78 Å². The van der Waals surface area contributed by atoms with Gasteiger partial charge in [-0.05, 0) is 42.0 Å². The first-order valence-electron chi connectivity index (χ1n) is 8.22. The summed E-state index contributed by atoms with van der Waals surface area (Å²) in [6.07, 6.45) is 2.68. The quantitative estimate of drug-likeness (QED) is 0.474. The minimum Gasteiger partial charge on any atom is -0.493 e. The number of ketones is 1. The van der Waals surface area contributed by atoms with Gasteiger partial charge in [0.1, 0.15) is 0 Å². The van der Waals surface area contributed by atoms with Gasteiger partial charge in [-0.15, -0.1) is 0 Å². The van der Waals surface area contributed by atoms with Crippen molar-refractivity contribution in [2.45, 2.75) is 6.61 Å². The fourth-order valence-electron chi connectivity index (χ4n) is 2.33. The van der Waals surface area contributed by atoms with Gasteiger partial charge in [0.2, 0.25) is 0 Å². The molecule has 0 aliphatic rings. The van der Waals surface area contributed by atoms with Crippen molar-refractivity contribution in [1.82, 2.24) is 0 Å². The van der Waals surface area contributed by atoms with Gasteiger partial charge in [-0.1, -0.05) is 12.1 Å². The van der Waals surface area contributed by atoms with E-state index in [2.05, 4.69) is 4.74 Å². The number of carbonyl (C=O) groups excluding carboxylic acids is 1. The molecule has 0 bridgehead atoms. The van der Waals surface area contributed by atoms with E-state index in [1.165, 1.54) is 56.7 Å². The Morgan fingerprint density at radius 2 is 1.69 bits per heavy atom. The molecule has 0 fully saturated rings. The van der Waals surface area contributed by atoms with Crippen molar-refractivity contribution >= 4 is 17.8 Å². The lowest BCUT2D eigenvalue weighted by Gasteiger charge is -2.10. The number of halogens is 2. The van der Waals surface area contributed by atoms with Gasteiger partial charge < -0.3 is 24.1 Å². The Balaban J connectivity index is 2.19. The van der Waals surface area contributed by atoms with Gasteiger partial charge in [0.15, 0.2) is 35.4 Å². The van der Waals surface area contributed by atoms with Crippen LogP contribution in [0.4, 0.5) is 8.78 Å². The van der Waals surface area contributed by atoms with E-state index in [9.17, 15) is 18.4 Å². The zero-order valence-electron chi connectivity index (χ0n) is 15.6. The van der Waals surface area contributed by atoms with Gasteiger partial charge in [-0.25, -0.2) is 4.79 Å². The summed E-state index contributed by atoms with van der Waals surface area (Å²) in [4.78, 5) is 23.0. The van der Waals surface area contributed by atoms with Crippen molar-refractivity contribution in [1.29, 1.82) is 0 Å². The van der Waals surface area contributed by atoms with E-state index in [1.807, 2.05) is 0 Å². The van der Waals surface area contributed by atoms with Gasteiger partial charge in [0, 0.05) is 5.56 Å². The molecule has 0 atom stereocenters. The third-order valence-electron chi connectivity index (χ3n) is 3.63. The molecular weight excluding hydrogens is 390 g/mol. The largest absolute Gasteiger partial charge is 0.493 e. The predicted octanol–water partition coefficient (Wildman–Crippen LogP) is 3.66. The zero-order valence-corrected chi connectivity index (χ0v) is 15.6. The van der Waals surface area contributed by atoms with E-state index in [1.54, 1.807) is 6.07 Å². The molecule has 0 aromatic heterocycles. The van der Waals surface area contributed by atoms with E-state index >= 15 is 0 Å². The average molecular weight is 408 g/mol. The van der Waals surface area contributed by atoms with E-state index in [4.69, 9.17) is 19.3 Å². The Kier molecular flexibility index (Phi) is 7.53. The van der Waals surface area contributed by atoms with Crippen LogP contribution in [-0.4, -0.2) is 44.3 Å². The summed E-state index contributed by atoms with van der Waals surface area (Å²) in [5.41, 5.74) is 0.710. The molecular formula is C20H18F2O7. The number of alkyl halides is 2. The summed E-state index contributed by atoms with van der Waals surface area (Å²) >= 11 is 0. The number of aliphatic carboxylic acids is 1. The Bertz CT molecular complexity index is 910. The minimum atomic E-state index is -3.01. The van der Waals surface area contributed by atoms with E-state index in [0.29, 0.717) is 5.56 Å². The number of hydrogen-bond donors (Lipinski definition) is 1. The molecule has 9 heteroatoms. The van der Waals surface area contributed by atoms with Crippen LogP contribution in [0.15, 0.2) is 42.5 Å². The first-order valence-corrected chi connectivity index (χ1v) is 8.22. The van der Waals surface area contributed by atoms with Crippen LogP contribution in [0.25, 0.3) is 6.08 Å². The summed E-state index contributed by atoms with van der Waals surface area (Å²) in [6.45, 7) is -3.57. The fraction of sp³-hybridized carbons (Fsp3) is 0.200. The highest BCUT2D eigenvalue weighted by molar-refractivity contribution is 6.07. The minimum absolute atomic E-state index is 0.135. The van der Waals surface area contributed by atoms with Gasteiger partial charge in [-0.3, -0.25) is 4.79 Å². The van der Waals surface area contributed by atoms with Crippen molar-refractivity contribution in [2.75, 3.05) is 20.8 Å². The second-order valence-electron chi connectivity index (χ2n) is 5.53. The van der Waals surface area contributed by atoms with Crippen LogP contribution < -0.4 is 18.9 Å². The number of ether oxygens (including phenoxy) is 4. The molecule has 1 N–H and O–H groups in total. The lowest BCUT2D eigenvalue weighted by molar-refractivity contribution is -0.139. The van der Waals surface area contributed by atoms with Crippen molar-refractivity contribution in [2.24, 2.45) is 0 Å². The van der Waals surface area contributed by atoms with Crippen LogP contribution in [-0.2, 0) is 4.79 Å². The molecule has 0 amide bonds. The van der Waals surface area contributed by atoms with Crippen LogP contribution in [0.2, 0.25) is 0 Å². The van der Waals surface area contributed by atoms with E-state index < -0.39 is 19.2 Å². The lowest BCUT2D eigenvalue weighted by Crippen LogP contribution is -2.10. The molecule has 7 nitrogen and oxygen atoms in total. The molecule has 29 heavy (non-hydrogen) atoms. The highest BCUT2D eigenvalue weighted by Crippen LogP contribution is 2.31. The molecule has 0 heterocycles. The zero-order chi connectivity index (χ0) is 21.4. The number of methoxy groups -OCH3 is 2. The average Bonchev–Trinajstić information content (AvgIpc) is 2.69. The Morgan fingerprint density at radius 1 is 1.00 bits per heavy atom. The molecule has 0 aliphatic carbocycles. The number of carboxylic acid groups (broad SMARTS) is 1.